The third-order valence-corrected chi connectivity index (χ3v) is 3.62. The van der Waals surface area contributed by atoms with E-state index in [9.17, 15) is 0 Å². The number of rotatable bonds is 4. The molecule has 3 nitrogen and oxygen atoms in total. The molecule has 2 aromatic rings. The lowest BCUT2D eigenvalue weighted by atomic mass is 10.2. The molecular weight excluding hydrogens is 250 g/mol. The van der Waals surface area contributed by atoms with E-state index in [0.717, 1.165) is 17.9 Å². The fourth-order valence-electron chi connectivity index (χ4n) is 1.40. The fraction of sp³-hybridized carbons (Fsp3) is 0.167. The van der Waals surface area contributed by atoms with Crippen LogP contribution in [0.2, 0.25) is 0 Å². The summed E-state index contributed by atoms with van der Waals surface area (Å²) in [5, 5.41) is 7.55. The largest absolute Gasteiger partial charge is 0.389 e. The van der Waals surface area contributed by atoms with Crippen molar-refractivity contribution in [2.24, 2.45) is 5.73 Å². The number of anilines is 1. The summed E-state index contributed by atoms with van der Waals surface area (Å²) in [7, 11) is 0. The average molecular weight is 263 g/mol. The van der Waals surface area contributed by atoms with Crippen LogP contribution in [-0.4, -0.2) is 9.97 Å². The van der Waals surface area contributed by atoms with Gasteiger partial charge in [-0.25, -0.2) is 4.98 Å². The van der Waals surface area contributed by atoms with Crippen LogP contribution < -0.4 is 11.1 Å². The van der Waals surface area contributed by atoms with Gasteiger partial charge in [-0.05, 0) is 40.9 Å². The maximum absolute atomic E-state index is 5.51. The van der Waals surface area contributed by atoms with Gasteiger partial charge >= 0.3 is 0 Å². The quantitative estimate of drug-likeness (QED) is 0.833. The molecule has 2 aromatic heterocycles. The van der Waals surface area contributed by atoms with E-state index in [1.165, 1.54) is 11.1 Å². The maximum atomic E-state index is 5.51. The Kier molecular flexibility index (Phi) is 3.71. The second-order valence-corrected chi connectivity index (χ2v) is 4.91. The molecule has 88 valence electrons. The Bertz CT molecular complexity index is 517. The summed E-state index contributed by atoms with van der Waals surface area (Å²) in [4.78, 5) is 4.63. The highest BCUT2D eigenvalue weighted by Crippen LogP contribution is 2.15. The summed E-state index contributed by atoms with van der Waals surface area (Å²) < 4.78 is 0. The number of thiocarbonyl (C=S) groups is 1. The Morgan fingerprint density at radius 3 is 2.82 bits per heavy atom. The standard InChI is InChI=1S/C12H13N3S2/c1-8-6-17-7-10(8)5-15-11-3-2-9(4-14-11)12(13)16/h2-4,6-7H,5H2,1H3,(H2,13,16)(H,14,15). The minimum Gasteiger partial charge on any atom is -0.389 e. The van der Waals surface area contributed by atoms with E-state index in [-0.39, 0.29) is 0 Å². The molecule has 0 saturated carbocycles. The molecule has 0 unspecified atom stereocenters. The molecule has 2 heterocycles. The third kappa shape index (κ3) is 3.01. The van der Waals surface area contributed by atoms with Crippen LogP contribution in [0.3, 0.4) is 0 Å². The molecule has 17 heavy (non-hydrogen) atoms. The van der Waals surface area contributed by atoms with E-state index >= 15 is 0 Å². The van der Waals surface area contributed by atoms with Gasteiger partial charge in [-0.3, -0.25) is 0 Å². The molecule has 0 aliphatic carbocycles. The highest BCUT2D eigenvalue weighted by Gasteiger charge is 2.01. The fourth-order valence-corrected chi connectivity index (χ4v) is 2.38. The van der Waals surface area contributed by atoms with Crippen molar-refractivity contribution in [3.63, 3.8) is 0 Å². The van der Waals surface area contributed by atoms with Crippen LogP contribution in [0.15, 0.2) is 29.1 Å². The van der Waals surface area contributed by atoms with Crippen LogP contribution in [0.5, 0.6) is 0 Å². The second kappa shape index (κ2) is 5.25. The lowest BCUT2D eigenvalue weighted by Gasteiger charge is -2.05. The first-order chi connectivity index (χ1) is 8.16. The van der Waals surface area contributed by atoms with Gasteiger partial charge in [0.15, 0.2) is 0 Å². The summed E-state index contributed by atoms with van der Waals surface area (Å²) >= 11 is 6.58. The van der Waals surface area contributed by atoms with Crippen molar-refractivity contribution in [1.82, 2.24) is 4.98 Å². The van der Waals surface area contributed by atoms with Crippen LogP contribution in [0.1, 0.15) is 16.7 Å². The van der Waals surface area contributed by atoms with Gasteiger partial charge in [0.05, 0.1) is 0 Å². The first kappa shape index (κ1) is 12.0. The number of nitrogens with two attached hydrogens (primary N) is 1. The Balaban J connectivity index is 2.00. The molecule has 0 aliphatic rings. The molecule has 0 aliphatic heterocycles. The lowest BCUT2D eigenvalue weighted by molar-refractivity contribution is 1.10. The number of hydrogen-bond acceptors (Lipinski definition) is 4. The summed E-state index contributed by atoms with van der Waals surface area (Å²) in [5.41, 5.74) is 8.91. The monoisotopic (exact) mass is 263 g/mol. The highest BCUT2D eigenvalue weighted by molar-refractivity contribution is 7.80. The smallest absolute Gasteiger partial charge is 0.126 e. The second-order valence-electron chi connectivity index (χ2n) is 3.73. The molecule has 0 spiro atoms. The van der Waals surface area contributed by atoms with Gasteiger partial charge in [0.25, 0.3) is 0 Å². The van der Waals surface area contributed by atoms with Crippen molar-refractivity contribution in [2.75, 3.05) is 5.32 Å². The normalized spacial score (nSPS) is 10.2. The van der Waals surface area contributed by atoms with Gasteiger partial charge in [-0.1, -0.05) is 12.2 Å². The topological polar surface area (TPSA) is 50.9 Å². The van der Waals surface area contributed by atoms with Crippen molar-refractivity contribution in [2.45, 2.75) is 13.5 Å². The minimum atomic E-state index is 0.373. The number of nitrogens with zero attached hydrogens (tertiary/aromatic N) is 1. The zero-order valence-corrected chi connectivity index (χ0v) is 11.1. The zero-order valence-electron chi connectivity index (χ0n) is 9.43. The van der Waals surface area contributed by atoms with Crippen molar-refractivity contribution in [3.05, 3.63) is 45.8 Å². The van der Waals surface area contributed by atoms with Crippen molar-refractivity contribution in [1.29, 1.82) is 0 Å². The molecule has 5 heteroatoms. The number of thiophene rings is 1. The molecule has 3 N–H and O–H groups in total. The first-order valence-corrected chi connectivity index (χ1v) is 6.53. The number of hydrogen-bond donors (Lipinski definition) is 2. The molecule has 0 bridgehead atoms. The van der Waals surface area contributed by atoms with Gasteiger partial charge in [0.2, 0.25) is 0 Å². The van der Waals surface area contributed by atoms with Crippen molar-refractivity contribution >= 4 is 34.4 Å². The van der Waals surface area contributed by atoms with Crippen molar-refractivity contribution < 1.29 is 0 Å². The zero-order chi connectivity index (χ0) is 12.3. The lowest BCUT2D eigenvalue weighted by Crippen LogP contribution is -2.10. The molecular formula is C12H13N3S2. The Labute approximate surface area is 110 Å². The van der Waals surface area contributed by atoms with E-state index in [1.54, 1.807) is 17.5 Å². The van der Waals surface area contributed by atoms with Crippen LogP contribution in [0.25, 0.3) is 0 Å². The number of pyridine rings is 1. The van der Waals surface area contributed by atoms with Crippen LogP contribution in [0.4, 0.5) is 5.82 Å². The molecule has 0 fully saturated rings. The number of nitrogens with one attached hydrogen (secondary N) is 1. The molecule has 2 rings (SSSR count). The number of aromatic nitrogens is 1. The molecule has 0 amide bonds. The van der Waals surface area contributed by atoms with Crippen LogP contribution in [-0.2, 0) is 6.54 Å². The summed E-state index contributed by atoms with van der Waals surface area (Å²) in [5.74, 6) is 0.829. The van der Waals surface area contributed by atoms with Crippen molar-refractivity contribution in [3.8, 4) is 0 Å². The highest BCUT2D eigenvalue weighted by atomic mass is 32.1. The molecule has 0 radical (unpaired) electrons. The van der Waals surface area contributed by atoms with E-state index in [0.29, 0.717) is 4.99 Å². The van der Waals surface area contributed by atoms with Crippen LogP contribution in [0, 0.1) is 6.92 Å². The SMILES string of the molecule is Cc1cscc1CNc1ccc(C(N)=S)cn1. The van der Waals surface area contributed by atoms with E-state index in [1.807, 2.05) is 12.1 Å². The summed E-state index contributed by atoms with van der Waals surface area (Å²) in [6, 6.07) is 3.76. The van der Waals surface area contributed by atoms with Crippen LogP contribution >= 0.6 is 23.6 Å². The van der Waals surface area contributed by atoms with Gasteiger partial charge in [0, 0.05) is 18.3 Å². The first-order valence-electron chi connectivity index (χ1n) is 5.18. The Morgan fingerprint density at radius 2 is 2.29 bits per heavy atom. The molecule has 0 atom stereocenters. The molecule has 0 aromatic carbocycles. The molecule has 0 saturated heterocycles. The average Bonchev–Trinajstić information content (AvgIpc) is 2.73. The van der Waals surface area contributed by atoms with Gasteiger partial charge in [-0.15, -0.1) is 0 Å². The predicted octanol–water partition coefficient (Wildman–Crippen LogP) is 2.70. The minimum absolute atomic E-state index is 0.373. The van der Waals surface area contributed by atoms with E-state index < -0.39 is 0 Å². The summed E-state index contributed by atoms with van der Waals surface area (Å²) in [6.07, 6.45) is 1.69. The maximum Gasteiger partial charge on any atom is 0.126 e. The van der Waals surface area contributed by atoms with Gasteiger partial charge in [-0.2, -0.15) is 11.3 Å². The van der Waals surface area contributed by atoms with E-state index in [4.69, 9.17) is 18.0 Å². The Morgan fingerprint density at radius 1 is 1.47 bits per heavy atom. The third-order valence-electron chi connectivity index (χ3n) is 2.47. The van der Waals surface area contributed by atoms with Gasteiger partial charge < -0.3 is 11.1 Å². The Hall–Kier alpha value is -1.46. The number of aryl methyl sites for hydroxylation is 1. The summed E-state index contributed by atoms with van der Waals surface area (Å²) in [6.45, 7) is 2.89. The van der Waals surface area contributed by atoms with E-state index in [2.05, 4.69) is 28.0 Å². The predicted molar refractivity (Wildman–Crippen MR) is 76.5 cm³/mol. The van der Waals surface area contributed by atoms with Gasteiger partial charge in [0.1, 0.15) is 10.8 Å².